The SMILES string of the molecule is CCc1ccc(S(=O)(=O)c2c[nH+]c3ccc(OC)cc3c2N2CCCC2)cc1. The molecule has 3 aromatic rings. The molecular weight excluding hydrogens is 372 g/mol. The van der Waals surface area contributed by atoms with Crippen LogP contribution in [0.4, 0.5) is 5.69 Å². The molecule has 0 amide bonds. The fourth-order valence-corrected chi connectivity index (χ4v) is 5.28. The zero-order valence-electron chi connectivity index (χ0n) is 16.2. The third-order valence-electron chi connectivity index (χ3n) is 5.43. The summed E-state index contributed by atoms with van der Waals surface area (Å²) < 4.78 is 32.5. The normalized spacial score (nSPS) is 14.6. The molecule has 2 aromatic carbocycles. The Morgan fingerprint density at radius 3 is 2.43 bits per heavy atom. The Morgan fingerprint density at radius 1 is 1.07 bits per heavy atom. The maximum absolute atomic E-state index is 13.5. The largest absolute Gasteiger partial charge is 0.497 e. The van der Waals surface area contributed by atoms with Gasteiger partial charge in [-0.15, -0.1) is 0 Å². The minimum Gasteiger partial charge on any atom is -0.497 e. The predicted molar refractivity (Wildman–Crippen MR) is 110 cm³/mol. The molecule has 1 saturated heterocycles. The Labute approximate surface area is 165 Å². The van der Waals surface area contributed by atoms with Gasteiger partial charge >= 0.3 is 0 Å². The predicted octanol–water partition coefficient (Wildman–Crippen LogP) is 3.66. The smallest absolute Gasteiger partial charge is 0.214 e. The van der Waals surface area contributed by atoms with Crippen molar-refractivity contribution in [2.45, 2.75) is 36.0 Å². The van der Waals surface area contributed by atoms with Gasteiger partial charge < -0.3 is 9.64 Å². The average Bonchev–Trinajstić information content (AvgIpc) is 3.26. The van der Waals surface area contributed by atoms with Crippen molar-refractivity contribution in [1.82, 2.24) is 0 Å². The number of aromatic amines is 1. The molecule has 0 unspecified atom stereocenters. The van der Waals surface area contributed by atoms with Gasteiger partial charge in [-0.1, -0.05) is 19.1 Å². The number of nitrogens with zero attached hydrogens (tertiary/aromatic N) is 1. The van der Waals surface area contributed by atoms with Crippen molar-refractivity contribution in [3.05, 3.63) is 54.2 Å². The van der Waals surface area contributed by atoms with Crippen molar-refractivity contribution in [3.8, 4) is 5.75 Å². The van der Waals surface area contributed by atoms with Crippen LogP contribution >= 0.6 is 0 Å². The summed E-state index contributed by atoms with van der Waals surface area (Å²) in [5.74, 6) is 0.711. The van der Waals surface area contributed by atoms with Crippen molar-refractivity contribution in [2.24, 2.45) is 0 Å². The van der Waals surface area contributed by atoms with Crippen LogP contribution in [0.1, 0.15) is 25.3 Å². The number of anilines is 1. The van der Waals surface area contributed by atoms with Gasteiger partial charge in [0.05, 0.1) is 23.1 Å². The monoisotopic (exact) mass is 397 g/mol. The van der Waals surface area contributed by atoms with E-state index >= 15 is 0 Å². The van der Waals surface area contributed by atoms with E-state index in [2.05, 4.69) is 16.8 Å². The molecule has 4 rings (SSSR count). The van der Waals surface area contributed by atoms with Crippen molar-refractivity contribution in [3.63, 3.8) is 0 Å². The van der Waals surface area contributed by atoms with Gasteiger partial charge in [-0.05, 0) is 49.1 Å². The molecule has 2 heterocycles. The van der Waals surface area contributed by atoms with Gasteiger partial charge in [0.15, 0.2) is 11.1 Å². The number of sulfone groups is 1. The summed E-state index contributed by atoms with van der Waals surface area (Å²) in [6.45, 7) is 3.77. The Bertz CT molecular complexity index is 1100. The van der Waals surface area contributed by atoms with Crippen LogP contribution in [-0.2, 0) is 16.3 Å². The minimum atomic E-state index is -3.66. The first-order valence-corrected chi connectivity index (χ1v) is 11.1. The number of pyridine rings is 1. The minimum absolute atomic E-state index is 0.319. The third-order valence-corrected chi connectivity index (χ3v) is 7.21. The van der Waals surface area contributed by atoms with E-state index in [9.17, 15) is 8.42 Å². The third kappa shape index (κ3) is 3.22. The summed E-state index contributed by atoms with van der Waals surface area (Å²) in [5, 5.41) is 0.868. The number of aryl methyl sites for hydroxylation is 1. The van der Waals surface area contributed by atoms with Crippen LogP contribution in [0.5, 0.6) is 5.75 Å². The number of aromatic nitrogens is 1. The molecule has 0 atom stereocenters. The van der Waals surface area contributed by atoms with E-state index in [0.717, 1.165) is 54.5 Å². The number of nitrogens with one attached hydrogen (secondary N) is 1. The lowest BCUT2D eigenvalue weighted by molar-refractivity contribution is -0.347. The highest BCUT2D eigenvalue weighted by Crippen LogP contribution is 2.37. The molecule has 0 aliphatic carbocycles. The first-order valence-electron chi connectivity index (χ1n) is 9.66. The highest BCUT2D eigenvalue weighted by Gasteiger charge is 2.30. The van der Waals surface area contributed by atoms with Gasteiger partial charge in [0.2, 0.25) is 15.4 Å². The number of methoxy groups -OCH3 is 1. The summed E-state index contributed by atoms with van der Waals surface area (Å²) in [6.07, 6.45) is 4.64. The quantitative estimate of drug-likeness (QED) is 0.659. The number of hydrogen-bond donors (Lipinski definition) is 0. The van der Waals surface area contributed by atoms with Crippen LogP contribution in [0.25, 0.3) is 10.9 Å². The summed E-state index contributed by atoms with van der Waals surface area (Å²) in [7, 11) is -2.04. The van der Waals surface area contributed by atoms with Gasteiger partial charge in [-0.3, -0.25) is 0 Å². The summed E-state index contributed by atoms with van der Waals surface area (Å²) >= 11 is 0. The van der Waals surface area contributed by atoms with E-state index in [0.29, 0.717) is 15.5 Å². The molecular formula is C22H25N2O3S+. The zero-order chi connectivity index (χ0) is 19.7. The standard InChI is InChI=1S/C22H24N2O3S/c1-3-16-6-9-18(10-7-16)28(25,26)21-15-23-20-11-8-17(27-2)14-19(20)22(21)24-12-4-5-13-24/h6-11,14-15H,3-5,12-13H2,1-2H3/p+1. The Kier molecular flexibility index (Phi) is 4.98. The van der Waals surface area contributed by atoms with Crippen LogP contribution in [0.15, 0.2) is 58.5 Å². The molecule has 0 bridgehead atoms. The average molecular weight is 398 g/mol. The van der Waals surface area contributed by atoms with Gasteiger partial charge in [0, 0.05) is 19.2 Å². The summed E-state index contributed by atoms with van der Waals surface area (Å²) in [5.41, 5.74) is 2.78. The lowest BCUT2D eigenvalue weighted by atomic mass is 10.1. The highest BCUT2D eigenvalue weighted by atomic mass is 32.2. The van der Waals surface area contributed by atoms with Crippen molar-refractivity contribution in [1.29, 1.82) is 0 Å². The van der Waals surface area contributed by atoms with E-state index in [4.69, 9.17) is 4.74 Å². The number of benzene rings is 2. The number of hydrogen-bond acceptors (Lipinski definition) is 4. The van der Waals surface area contributed by atoms with Crippen molar-refractivity contribution in [2.75, 3.05) is 25.1 Å². The molecule has 1 aliphatic rings. The summed E-state index contributed by atoms with van der Waals surface area (Å²) in [6, 6.07) is 12.9. The van der Waals surface area contributed by atoms with E-state index in [1.165, 1.54) is 0 Å². The maximum Gasteiger partial charge on any atom is 0.214 e. The van der Waals surface area contributed by atoms with E-state index < -0.39 is 9.84 Å². The van der Waals surface area contributed by atoms with E-state index in [1.54, 1.807) is 25.4 Å². The molecule has 1 aliphatic heterocycles. The first-order chi connectivity index (χ1) is 13.5. The number of H-pyrrole nitrogens is 1. The Hall–Kier alpha value is -2.60. The molecule has 6 heteroatoms. The fourth-order valence-electron chi connectivity index (χ4n) is 3.82. The van der Waals surface area contributed by atoms with Crippen LogP contribution in [0.2, 0.25) is 0 Å². The molecule has 1 fully saturated rings. The Balaban J connectivity index is 1.95. The van der Waals surface area contributed by atoms with Crippen LogP contribution in [0, 0.1) is 0 Å². The van der Waals surface area contributed by atoms with E-state index in [-0.39, 0.29) is 0 Å². The number of rotatable bonds is 5. The van der Waals surface area contributed by atoms with Gasteiger partial charge in [-0.25, -0.2) is 13.4 Å². The van der Waals surface area contributed by atoms with E-state index in [1.807, 2.05) is 30.3 Å². The van der Waals surface area contributed by atoms with Gasteiger partial charge in [-0.2, -0.15) is 0 Å². The van der Waals surface area contributed by atoms with Crippen molar-refractivity contribution >= 4 is 26.4 Å². The van der Waals surface area contributed by atoms with Gasteiger partial charge in [0.1, 0.15) is 5.75 Å². The Morgan fingerprint density at radius 2 is 1.79 bits per heavy atom. The molecule has 1 N–H and O–H groups in total. The fraction of sp³-hybridized carbons (Fsp3) is 0.318. The molecule has 5 nitrogen and oxygen atoms in total. The molecule has 0 spiro atoms. The van der Waals surface area contributed by atoms with Crippen LogP contribution in [-0.4, -0.2) is 28.6 Å². The molecule has 28 heavy (non-hydrogen) atoms. The van der Waals surface area contributed by atoms with Crippen LogP contribution in [0.3, 0.4) is 0 Å². The van der Waals surface area contributed by atoms with Crippen molar-refractivity contribution < 1.29 is 18.1 Å². The molecule has 146 valence electrons. The molecule has 1 aromatic heterocycles. The molecule has 0 saturated carbocycles. The second kappa shape index (κ2) is 7.43. The lowest BCUT2D eigenvalue weighted by Gasteiger charge is -2.21. The highest BCUT2D eigenvalue weighted by molar-refractivity contribution is 7.91. The maximum atomic E-state index is 13.5. The van der Waals surface area contributed by atoms with Gasteiger partial charge in [0.25, 0.3) is 0 Å². The molecule has 0 radical (unpaired) electrons. The topological polar surface area (TPSA) is 60.8 Å². The summed E-state index contributed by atoms with van der Waals surface area (Å²) in [4.78, 5) is 5.99. The van der Waals surface area contributed by atoms with Crippen LogP contribution < -0.4 is 14.6 Å². The first kappa shape index (κ1) is 18.7. The second-order valence-electron chi connectivity index (χ2n) is 7.11. The second-order valence-corrected chi connectivity index (χ2v) is 9.03. The lowest BCUT2D eigenvalue weighted by Crippen LogP contribution is -2.23. The zero-order valence-corrected chi connectivity index (χ0v) is 17.1. The number of fused-ring (bicyclic) bond motifs is 1. The number of ether oxygens (including phenoxy) is 1.